The van der Waals surface area contributed by atoms with Crippen LogP contribution in [0.15, 0.2) is 17.6 Å². The number of hydrogen-bond acceptors (Lipinski definition) is 4. The van der Waals surface area contributed by atoms with E-state index < -0.39 is 10.0 Å². The van der Waals surface area contributed by atoms with Gasteiger partial charge < -0.3 is 10.3 Å². The lowest BCUT2D eigenvalue weighted by molar-refractivity contribution is 0.393. The third-order valence-corrected chi connectivity index (χ3v) is 4.14. The van der Waals surface area contributed by atoms with Crippen molar-refractivity contribution < 1.29 is 8.42 Å². The second-order valence-corrected chi connectivity index (χ2v) is 5.43. The molecule has 1 atom stereocenters. The zero-order valence-electron chi connectivity index (χ0n) is 9.49. The van der Waals surface area contributed by atoms with E-state index in [1.54, 1.807) is 18.5 Å². The lowest BCUT2D eigenvalue weighted by atomic mass is 10.4. The lowest BCUT2D eigenvalue weighted by Crippen LogP contribution is -2.39. The number of hydrogen-bond donors (Lipinski definition) is 1. The standard InChI is InChI=1S/C8H16N4O2S.ClH/c1-7(4-9)12(3)15(13,14)8-5-11(2)6-10-8;/h5-7H,4,9H2,1-3H3;1H. The van der Waals surface area contributed by atoms with Crippen LogP contribution >= 0.6 is 12.4 Å². The fraction of sp³-hybridized carbons (Fsp3) is 0.625. The van der Waals surface area contributed by atoms with Crippen molar-refractivity contribution in [2.24, 2.45) is 12.8 Å². The van der Waals surface area contributed by atoms with Crippen molar-refractivity contribution in [3.8, 4) is 0 Å². The second kappa shape index (κ2) is 5.62. The molecule has 1 aromatic rings. The predicted molar refractivity (Wildman–Crippen MR) is 63.9 cm³/mol. The van der Waals surface area contributed by atoms with Crippen molar-refractivity contribution in [3.63, 3.8) is 0 Å². The molecule has 16 heavy (non-hydrogen) atoms. The first-order valence-electron chi connectivity index (χ1n) is 4.55. The summed E-state index contributed by atoms with van der Waals surface area (Å²) in [5.74, 6) is 0. The first-order chi connectivity index (χ1) is 6.89. The molecule has 94 valence electrons. The molecule has 1 unspecified atom stereocenters. The monoisotopic (exact) mass is 268 g/mol. The molecule has 0 saturated heterocycles. The zero-order valence-corrected chi connectivity index (χ0v) is 11.1. The molecule has 0 amide bonds. The Morgan fingerprint density at radius 3 is 2.56 bits per heavy atom. The number of halogens is 1. The van der Waals surface area contributed by atoms with Crippen LogP contribution in [0.4, 0.5) is 0 Å². The Labute approximate surface area is 102 Å². The first kappa shape index (κ1) is 15.4. The molecule has 6 nitrogen and oxygen atoms in total. The van der Waals surface area contributed by atoms with Crippen LogP contribution in [-0.4, -0.2) is 41.9 Å². The topological polar surface area (TPSA) is 81.2 Å². The van der Waals surface area contributed by atoms with E-state index in [1.165, 1.54) is 23.9 Å². The van der Waals surface area contributed by atoms with Crippen LogP contribution in [0.1, 0.15) is 6.92 Å². The minimum atomic E-state index is -3.51. The van der Waals surface area contributed by atoms with Crippen LogP contribution in [0.25, 0.3) is 0 Å². The van der Waals surface area contributed by atoms with Gasteiger partial charge in [-0.15, -0.1) is 12.4 Å². The maximum atomic E-state index is 11.9. The van der Waals surface area contributed by atoms with Crippen LogP contribution < -0.4 is 5.73 Å². The molecule has 1 aromatic heterocycles. The van der Waals surface area contributed by atoms with E-state index in [2.05, 4.69) is 4.98 Å². The van der Waals surface area contributed by atoms with Gasteiger partial charge in [0.15, 0.2) is 5.03 Å². The van der Waals surface area contributed by atoms with Gasteiger partial charge in [0.05, 0.1) is 6.33 Å². The normalized spacial score (nSPS) is 13.6. The van der Waals surface area contributed by atoms with Crippen LogP contribution in [0, 0.1) is 0 Å². The third kappa shape index (κ3) is 2.94. The molecule has 2 N–H and O–H groups in total. The fourth-order valence-corrected chi connectivity index (χ4v) is 2.39. The van der Waals surface area contributed by atoms with E-state index in [0.29, 0.717) is 0 Å². The van der Waals surface area contributed by atoms with E-state index in [4.69, 9.17) is 5.73 Å². The number of sulfonamides is 1. The average molecular weight is 269 g/mol. The molecule has 1 rings (SSSR count). The largest absolute Gasteiger partial charge is 0.339 e. The summed E-state index contributed by atoms with van der Waals surface area (Å²) in [5, 5.41) is 0.0489. The summed E-state index contributed by atoms with van der Waals surface area (Å²) in [6.07, 6.45) is 2.92. The molecule has 0 spiro atoms. The van der Waals surface area contributed by atoms with Crippen LogP contribution in [0.5, 0.6) is 0 Å². The summed E-state index contributed by atoms with van der Waals surface area (Å²) < 4.78 is 26.7. The lowest BCUT2D eigenvalue weighted by Gasteiger charge is -2.21. The van der Waals surface area contributed by atoms with Gasteiger partial charge in [0.1, 0.15) is 0 Å². The second-order valence-electron chi connectivity index (χ2n) is 3.48. The Morgan fingerprint density at radius 1 is 1.62 bits per heavy atom. The minimum absolute atomic E-state index is 0. The van der Waals surface area contributed by atoms with Gasteiger partial charge in [0, 0.05) is 32.9 Å². The summed E-state index contributed by atoms with van der Waals surface area (Å²) in [4.78, 5) is 3.82. The Morgan fingerprint density at radius 2 is 2.19 bits per heavy atom. The molecule has 0 aliphatic heterocycles. The highest BCUT2D eigenvalue weighted by Crippen LogP contribution is 2.13. The Bertz CT molecular complexity index is 431. The van der Waals surface area contributed by atoms with E-state index in [0.717, 1.165) is 0 Å². The molecule has 0 aliphatic rings. The van der Waals surface area contributed by atoms with Crippen molar-refractivity contribution in [2.75, 3.05) is 13.6 Å². The van der Waals surface area contributed by atoms with Gasteiger partial charge in [-0.05, 0) is 6.92 Å². The van der Waals surface area contributed by atoms with Gasteiger partial charge in [-0.1, -0.05) is 0 Å². The number of aryl methyl sites for hydroxylation is 1. The summed E-state index contributed by atoms with van der Waals surface area (Å²) in [6, 6.07) is -0.239. The molecule has 1 heterocycles. The molecule has 0 aliphatic carbocycles. The Kier molecular flexibility index (Phi) is 5.40. The molecule has 0 saturated carbocycles. The maximum absolute atomic E-state index is 11.9. The molecule has 0 bridgehead atoms. The number of nitrogens with two attached hydrogens (primary N) is 1. The Hall–Kier alpha value is -0.630. The quantitative estimate of drug-likeness (QED) is 0.821. The van der Waals surface area contributed by atoms with Gasteiger partial charge in [0.25, 0.3) is 10.0 Å². The molecule has 8 heteroatoms. The third-order valence-electron chi connectivity index (χ3n) is 2.29. The van der Waals surface area contributed by atoms with E-state index >= 15 is 0 Å². The molecule has 0 fully saturated rings. The van der Waals surface area contributed by atoms with Gasteiger partial charge in [-0.3, -0.25) is 0 Å². The smallest absolute Gasteiger partial charge is 0.262 e. The number of imidazole rings is 1. The van der Waals surface area contributed by atoms with E-state index in [1.807, 2.05) is 0 Å². The van der Waals surface area contributed by atoms with Gasteiger partial charge in [0.2, 0.25) is 0 Å². The molecular weight excluding hydrogens is 252 g/mol. The zero-order chi connectivity index (χ0) is 11.6. The van der Waals surface area contributed by atoms with Crippen LogP contribution in [-0.2, 0) is 17.1 Å². The highest BCUT2D eigenvalue weighted by molar-refractivity contribution is 7.89. The number of nitrogens with zero attached hydrogens (tertiary/aromatic N) is 3. The molecule has 0 aromatic carbocycles. The first-order valence-corrected chi connectivity index (χ1v) is 5.99. The number of likely N-dealkylation sites (N-methyl/N-ethyl adjacent to an activating group) is 1. The molecule has 0 radical (unpaired) electrons. The van der Waals surface area contributed by atoms with Crippen molar-refractivity contribution in [2.45, 2.75) is 18.0 Å². The van der Waals surface area contributed by atoms with Crippen LogP contribution in [0.2, 0.25) is 0 Å². The van der Waals surface area contributed by atoms with Gasteiger partial charge in [-0.2, -0.15) is 4.31 Å². The maximum Gasteiger partial charge on any atom is 0.262 e. The van der Waals surface area contributed by atoms with Crippen molar-refractivity contribution in [1.82, 2.24) is 13.9 Å². The number of aromatic nitrogens is 2. The van der Waals surface area contributed by atoms with E-state index in [-0.39, 0.29) is 30.0 Å². The van der Waals surface area contributed by atoms with Crippen molar-refractivity contribution >= 4 is 22.4 Å². The highest BCUT2D eigenvalue weighted by atomic mass is 35.5. The predicted octanol–water partition coefficient (Wildman–Crippen LogP) is -0.190. The van der Waals surface area contributed by atoms with Crippen molar-refractivity contribution in [1.29, 1.82) is 0 Å². The van der Waals surface area contributed by atoms with Gasteiger partial charge in [-0.25, -0.2) is 13.4 Å². The minimum Gasteiger partial charge on any atom is -0.339 e. The fourth-order valence-electron chi connectivity index (χ4n) is 1.05. The van der Waals surface area contributed by atoms with E-state index in [9.17, 15) is 8.42 Å². The molecular formula is C8H17ClN4O2S. The summed E-state index contributed by atoms with van der Waals surface area (Å²) in [7, 11) is -0.286. The average Bonchev–Trinajstić information content (AvgIpc) is 2.63. The van der Waals surface area contributed by atoms with Crippen molar-refractivity contribution in [3.05, 3.63) is 12.5 Å². The summed E-state index contributed by atoms with van der Waals surface area (Å²) in [5.41, 5.74) is 5.42. The van der Waals surface area contributed by atoms with Gasteiger partial charge >= 0.3 is 0 Å². The number of rotatable bonds is 4. The summed E-state index contributed by atoms with van der Waals surface area (Å²) >= 11 is 0. The highest BCUT2D eigenvalue weighted by Gasteiger charge is 2.26. The Balaban J connectivity index is 0.00000225. The summed E-state index contributed by atoms with van der Waals surface area (Å²) in [6.45, 7) is 2.03. The van der Waals surface area contributed by atoms with Crippen LogP contribution in [0.3, 0.4) is 0 Å². The SMILES string of the molecule is CC(CN)N(C)S(=O)(=O)c1cn(C)cn1.Cl.